The van der Waals surface area contributed by atoms with Crippen molar-refractivity contribution in [2.45, 2.75) is 63.8 Å². The van der Waals surface area contributed by atoms with Crippen molar-refractivity contribution in [1.82, 2.24) is 15.0 Å². The molecular formula is C21H27N3O2. The molecule has 2 aromatic rings. The first-order valence-corrected chi connectivity index (χ1v) is 9.84. The van der Waals surface area contributed by atoms with Gasteiger partial charge in [-0.2, -0.15) is 4.98 Å². The van der Waals surface area contributed by atoms with Crippen LogP contribution in [-0.4, -0.2) is 40.5 Å². The summed E-state index contributed by atoms with van der Waals surface area (Å²) in [7, 11) is 2.09. The van der Waals surface area contributed by atoms with Gasteiger partial charge in [0.25, 0.3) is 0 Å². The quantitative estimate of drug-likeness (QED) is 0.819. The number of hydrogen-bond donors (Lipinski definition) is 0. The molecule has 5 heteroatoms. The van der Waals surface area contributed by atoms with Crippen LogP contribution < -0.4 is 0 Å². The first-order valence-electron chi connectivity index (χ1n) is 9.84. The Balaban J connectivity index is 1.48. The van der Waals surface area contributed by atoms with E-state index in [1.807, 2.05) is 6.92 Å². The third-order valence-electron chi connectivity index (χ3n) is 5.96. The number of Topliss-reactive ketones (excluding diaryl/α,β-unsaturated/α-hetero) is 1. The molecule has 2 atom stereocenters. The normalized spacial score (nSPS) is 23.2. The minimum atomic E-state index is 0.124. The minimum Gasteiger partial charge on any atom is -0.339 e. The van der Waals surface area contributed by atoms with E-state index in [-0.39, 0.29) is 6.04 Å². The van der Waals surface area contributed by atoms with Crippen LogP contribution in [0.15, 0.2) is 22.7 Å². The maximum absolute atomic E-state index is 12.8. The molecule has 1 aromatic heterocycles. The molecule has 0 spiro atoms. The van der Waals surface area contributed by atoms with E-state index in [4.69, 9.17) is 4.52 Å². The first-order chi connectivity index (χ1) is 12.7. The van der Waals surface area contributed by atoms with Crippen LogP contribution in [0.3, 0.4) is 0 Å². The Bertz CT molecular complexity index is 798. The second kappa shape index (κ2) is 7.31. The van der Waals surface area contributed by atoms with Crippen molar-refractivity contribution in [2.24, 2.45) is 0 Å². The van der Waals surface area contributed by atoms with Gasteiger partial charge in [0.15, 0.2) is 5.78 Å². The highest BCUT2D eigenvalue weighted by Crippen LogP contribution is 2.38. The number of piperidine rings is 1. The molecule has 4 rings (SSSR count). The Morgan fingerprint density at radius 2 is 2.19 bits per heavy atom. The molecule has 1 saturated heterocycles. The predicted octanol–water partition coefficient (Wildman–Crippen LogP) is 3.77. The largest absolute Gasteiger partial charge is 0.339 e. The number of fused-ring (bicyclic) bond motifs is 1. The molecule has 0 radical (unpaired) electrons. The van der Waals surface area contributed by atoms with E-state index < -0.39 is 0 Å². The van der Waals surface area contributed by atoms with Gasteiger partial charge < -0.3 is 4.52 Å². The zero-order valence-electron chi connectivity index (χ0n) is 15.7. The molecule has 138 valence electrons. The van der Waals surface area contributed by atoms with Gasteiger partial charge in [-0.25, -0.2) is 0 Å². The Morgan fingerprint density at radius 3 is 2.96 bits per heavy atom. The number of carbonyl (C=O) groups excluding carboxylic acids is 1. The smallest absolute Gasteiger partial charge is 0.226 e. The monoisotopic (exact) mass is 353 g/mol. The van der Waals surface area contributed by atoms with Gasteiger partial charge in [0.1, 0.15) is 0 Å². The summed E-state index contributed by atoms with van der Waals surface area (Å²) < 4.78 is 5.23. The van der Waals surface area contributed by atoms with E-state index in [0.717, 1.165) is 37.8 Å². The van der Waals surface area contributed by atoms with Gasteiger partial charge in [-0.05, 0) is 62.4 Å². The summed E-state index contributed by atoms with van der Waals surface area (Å²) in [6.45, 7) is 3.05. The third kappa shape index (κ3) is 3.32. The molecule has 2 aliphatic rings. The number of nitrogens with zero attached hydrogens (tertiary/aromatic N) is 3. The molecule has 1 fully saturated rings. The summed E-state index contributed by atoms with van der Waals surface area (Å²) in [5.74, 6) is 2.10. The van der Waals surface area contributed by atoms with Crippen LogP contribution in [0.1, 0.15) is 62.0 Å². The fourth-order valence-electron chi connectivity index (χ4n) is 4.43. The van der Waals surface area contributed by atoms with E-state index in [1.54, 1.807) is 0 Å². The Hall–Kier alpha value is -2.01. The molecule has 1 unspecified atom stereocenters. The van der Waals surface area contributed by atoms with Crippen molar-refractivity contribution in [3.05, 3.63) is 35.2 Å². The Labute approximate surface area is 154 Å². The lowest BCUT2D eigenvalue weighted by atomic mass is 9.89. The highest BCUT2D eigenvalue weighted by atomic mass is 16.5. The highest BCUT2D eigenvalue weighted by molar-refractivity contribution is 5.85. The molecular weight excluding hydrogens is 326 g/mol. The lowest BCUT2D eigenvalue weighted by Gasteiger charge is -2.32. The predicted molar refractivity (Wildman–Crippen MR) is 100 cm³/mol. The number of carbonyl (C=O) groups is 1. The summed E-state index contributed by atoms with van der Waals surface area (Å²) in [4.78, 5) is 19.5. The van der Waals surface area contributed by atoms with Crippen LogP contribution in [-0.2, 0) is 17.6 Å². The third-order valence-corrected chi connectivity index (χ3v) is 5.96. The van der Waals surface area contributed by atoms with Crippen LogP contribution in [0, 0.1) is 0 Å². The first kappa shape index (κ1) is 17.4. The number of hydrogen-bond acceptors (Lipinski definition) is 5. The van der Waals surface area contributed by atoms with Crippen LogP contribution in [0.4, 0.5) is 0 Å². The van der Waals surface area contributed by atoms with Gasteiger partial charge in [-0.3, -0.25) is 9.69 Å². The second-order valence-corrected chi connectivity index (χ2v) is 7.68. The number of aryl methyl sites for hydroxylation is 2. The Morgan fingerprint density at radius 1 is 1.31 bits per heavy atom. The number of benzene rings is 1. The van der Waals surface area contributed by atoms with E-state index in [9.17, 15) is 4.79 Å². The molecule has 1 aromatic carbocycles. The number of aromatic nitrogens is 2. The molecule has 1 aliphatic carbocycles. The van der Waals surface area contributed by atoms with Crippen molar-refractivity contribution < 1.29 is 9.32 Å². The lowest BCUT2D eigenvalue weighted by Crippen LogP contribution is -2.42. The van der Waals surface area contributed by atoms with Gasteiger partial charge in [-0.1, -0.05) is 30.6 Å². The number of rotatable bonds is 5. The molecule has 0 N–H and O–H groups in total. The van der Waals surface area contributed by atoms with E-state index in [1.165, 1.54) is 24.0 Å². The van der Waals surface area contributed by atoms with Gasteiger partial charge in [0.05, 0.1) is 6.04 Å². The Kier molecular flexibility index (Phi) is 4.90. The SMILES string of the molecule is CCc1nc(-c2ccc3c(c2)CC[C@H]3CC(=O)C2CCCCN2C)no1. The number of likely N-dealkylation sites (N-methyl/N-ethyl adjacent to an activating group) is 1. The van der Waals surface area contributed by atoms with Crippen molar-refractivity contribution in [2.75, 3.05) is 13.6 Å². The van der Waals surface area contributed by atoms with Gasteiger partial charge in [0.2, 0.25) is 11.7 Å². The number of likely N-dealkylation sites (tertiary alicyclic amines) is 1. The topological polar surface area (TPSA) is 59.2 Å². The van der Waals surface area contributed by atoms with Gasteiger partial charge >= 0.3 is 0 Å². The zero-order chi connectivity index (χ0) is 18.1. The average Bonchev–Trinajstić information content (AvgIpc) is 3.29. The highest BCUT2D eigenvalue weighted by Gasteiger charge is 2.31. The summed E-state index contributed by atoms with van der Waals surface area (Å²) in [5.41, 5.74) is 3.67. The average molecular weight is 353 g/mol. The maximum Gasteiger partial charge on any atom is 0.226 e. The summed E-state index contributed by atoms with van der Waals surface area (Å²) in [5, 5.41) is 4.07. The van der Waals surface area contributed by atoms with Crippen LogP contribution >= 0.6 is 0 Å². The minimum absolute atomic E-state index is 0.124. The fourth-order valence-corrected chi connectivity index (χ4v) is 4.43. The summed E-state index contributed by atoms with van der Waals surface area (Å²) in [6.07, 6.45) is 6.92. The van der Waals surface area contributed by atoms with E-state index >= 15 is 0 Å². The van der Waals surface area contributed by atoms with Crippen LogP contribution in [0.5, 0.6) is 0 Å². The molecule has 0 saturated carbocycles. The van der Waals surface area contributed by atoms with E-state index in [0.29, 0.717) is 29.8 Å². The summed E-state index contributed by atoms with van der Waals surface area (Å²) >= 11 is 0. The molecule has 26 heavy (non-hydrogen) atoms. The van der Waals surface area contributed by atoms with E-state index in [2.05, 4.69) is 40.3 Å². The molecule has 0 bridgehead atoms. The summed E-state index contributed by atoms with van der Waals surface area (Å²) in [6, 6.07) is 6.54. The van der Waals surface area contributed by atoms with Gasteiger partial charge in [0, 0.05) is 18.4 Å². The van der Waals surface area contributed by atoms with Crippen molar-refractivity contribution in [3.8, 4) is 11.4 Å². The lowest BCUT2D eigenvalue weighted by molar-refractivity contribution is -0.125. The second-order valence-electron chi connectivity index (χ2n) is 7.68. The zero-order valence-corrected chi connectivity index (χ0v) is 15.7. The van der Waals surface area contributed by atoms with Crippen molar-refractivity contribution in [1.29, 1.82) is 0 Å². The molecule has 2 heterocycles. The van der Waals surface area contributed by atoms with Gasteiger partial charge in [-0.15, -0.1) is 0 Å². The molecule has 1 aliphatic heterocycles. The van der Waals surface area contributed by atoms with Crippen LogP contribution in [0.25, 0.3) is 11.4 Å². The molecule has 5 nitrogen and oxygen atoms in total. The molecule has 0 amide bonds. The standard InChI is InChI=1S/C21H27N3O2/c1-3-20-22-21(23-26-20)16-9-10-17-14(12-16)7-8-15(17)13-19(25)18-6-4-5-11-24(18)2/h9-10,12,15,18H,3-8,11,13H2,1-2H3/t15-,18?/m0/s1. The van der Waals surface area contributed by atoms with Crippen LogP contribution in [0.2, 0.25) is 0 Å². The maximum atomic E-state index is 12.8. The van der Waals surface area contributed by atoms with Crippen molar-refractivity contribution >= 4 is 5.78 Å². The number of ketones is 1. The fraction of sp³-hybridized carbons (Fsp3) is 0.571. The van der Waals surface area contributed by atoms with Crippen molar-refractivity contribution in [3.63, 3.8) is 0 Å².